The summed E-state index contributed by atoms with van der Waals surface area (Å²) < 4.78 is 0. The van der Waals surface area contributed by atoms with Gasteiger partial charge in [-0.3, -0.25) is 14.7 Å². The average molecular weight is 346 g/mol. The zero-order valence-corrected chi connectivity index (χ0v) is 15.5. The van der Waals surface area contributed by atoms with Crippen molar-refractivity contribution >= 4 is 17.8 Å². The predicted molar refractivity (Wildman–Crippen MR) is 105 cm³/mol. The van der Waals surface area contributed by atoms with Crippen LogP contribution in [0.25, 0.3) is 11.1 Å². The molecule has 132 valence electrons. The Bertz CT molecular complexity index is 924. The van der Waals surface area contributed by atoms with Gasteiger partial charge in [-0.1, -0.05) is 18.7 Å². The first kappa shape index (κ1) is 17.7. The van der Waals surface area contributed by atoms with E-state index in [1.807, 2.05) is 39.0 Å². The Morgan fingerprint density at radius 2 is 1.92 bits per heavy atom. The molecule has 0 N–H and O–H groups in total. The minimum atomic E-state index is -0.608. The summed E-state index contributed by atoms with van der Waals surface area (Å²) >= 11 is 0. The van der Waals surface area contributed by atoms with E-state index in [0.717, 1.165) is 28.2 Å². The highest BCUT2D eigenvalue weighted by Crippen LogP contribution is 2.45. The number of benzene rings is 1. The van der Waals surface area contributed by atoms with Gasteiger partial charge < -0.3 is 0 Å². The molecule has 0 radical (unpaired) electrons. The second kappa shape index (κ2) is 6.67. The number of aryl methyl sites for hydroxylation is 1. The predicted octanol–water partition coefficient (Wildman–Crippen LogP) is 3.85. The Labute approximate surface area is 153 Å². The van der Waals surface area contributed by atoms with Crippen LogP contribution in [0.1, 0.15) is 25.2 Å². The highest BCUT2D eigenvalue weighted by molar-refractivity contribution is 6.11. The molecule has 0 fully saturated rings. The largest absolute Gasteiger partial charge is 0.296 e. The van der Waals surface area contributed by atoms with Crippen molar-refractivity contribution in [1.82, 2.24) is 9.97 Å². The minimum absolute atomic E-state index is 0.0143. The molecule has 1 amide bonds. The normalized spacial score (nSPS) is 16.2. The van der Waals surface area contributed by atoms with Gasteiger partial charge in [-0.05, 0) is 50.1 Å². The fourth-order valence-corrected chi connectivity index (χ4v) is 3.11. The summed E-state index contributed by atoms with van der Waals surface area (Å²) in [6.07, 6.45) is 8.71. The van der Waals surface area contributed by atoms with Gasteiger partial charge in [-0.2, -0.15) is 0 Å². The average Bonchev–Trinajstić information content (AvgIpc) is 2.83. The van der Waals surface area contributed by atoms with Gasteiger partial charge in [0.1, 0.15) is 5.82 Å². The lowest BCUT2D eigenvalue weighted by molar-refractivity contribution is -0.121. The molecule has 1 aromatic heterocycles. The molecular weight excluding hydrogens is 324 g/mol. The molecule has 1 aromatic carbocycles. The van der Waals surface area contributed by atoms with Crippen molar-refractivity contribution < 1.29 is 4.79 Å². The number of hydrogen-bond donors (Lipinski definition) is 0. The molecule has 0 atom stereocenters. The van der Waals surface area contributed by atoms with E-state index in [1.54, 1.807) is 42.7 Å². The van der Waals surface area contributed by atoms with Gasteiger partial charge in [-0.15, -0.1) is 0 Å². The van der Waals surface area contributed by atoms with Gasteiger partial charge in [-0.25, -0.2) is 9.97 Å². The van der Waals surface area contributed by atoms with Gasteiger partial charge in [0, 0.05) is 36.9 Å². The minimum Gasteiger partial charge on any atom is -0.296 e. The van der Waals surface area contributed by atoms with Crippen molar-refractivity contribution in [2.24, 2.45) is 4.99 Å². The third kappa shape index (κ3) is 2.86. The number of carbonyl (C=O) groups is 1. The van der Waals surface area contributed by atoms with E-state index in [1.165, 1.54) is 0 Å². The first-order valence-electron chi connectivity index (χ1n) is 8.43. The van der Waals surface area contributed by atoms with E-state index < -0.39 is 5.41 Å². The Hall–Kier alpha value is -3.08. The highest BCUT2D eigenvalue weighted by atomic mass is 16.2. The van der Waals surface area contributed by atoms with Crippen LogP contribution >= 0.6 is 0 Å². The van der Waals surface area contributed by atoms with Crippen molar-refractivity contribution in [1.29, 1.82) is 0 Å². The maximum absolute atomic E-state index is 13.1. The van der Waals surface area contributed by atoms with Crippen LogP contribution in [0, 0.1) is 6.92 Å². The lowest BCUT2D eigenvalue weighted by Crippen LogP contribution is -2.35. The van der Waals surface area contributed by atoms with Crippen LogP contribution in [0.2, 0.25) is 0 Å². The Kier molecular flexibility index (Phi) is 4.55. The zero-order chi connectivity index (χ0) is 18.9. The second-order valence-electron chi connectivity index (χ2n) is 6.72. The zero-order valence-electron chi connectivity index (χ0n) is 15.5. The monoisotopic (exact) mass is 346 g/mol. The summed E-state index contributed by atoms with van der Waals surface area (Å²) in [6.45, 7) is 9.60. The molecular formula is C21H22N4O. The van der Waals surface area contributed by atoms with Gasteiger partial charge in [0.2, 0.25) is 5.91 Å². The molecule has 5 heteroatoms. The van der Waals surface area contributed by atoms with Gasteiger partial charge in [0.15, 0.2) is 0 Å². The standard InChI is InChI=1S/C21H22N4O/c1-6-17(9-10-22-5)25-19-11-15(16-12-23-14(2)24-13-16)7-8-18(19)21(3,4)20(25)26/h6-13H,1H2,2-5H3/b17-9+,22-10-. The number of aliphatic imine (C=N–C) groups is 1. The summed E-state index contributed by atoms with van der Waals surface area (Å²) in [5.74, 6) is 0.740. The summed E-state index contributed by atoms with van der Waals surface area (Å²) in [5, 5.41) is 0. The number of allylic oxidation sites excluding steroid dienone is 2. The van der Waals surface area contributed by atoms with E-state index in [-0.39, 0.29) is 5.91 Å². The molecule has 3 rings (SSSR count). The molecule has 0 spiro atoms. The molecule has 5 nitrogen and oxygen atoms in total. The lowest BCUT2D eigenvalue weighted by atomic mass is 9.85. The van der Waals surface area contributed by atoms with Crippen molar-refractivity contribution in [3.05, 3.63) is 66.4 Å². The van der Waals surface area contributed by atoms with Gasteiger partial charge in [0.25, 0.3) is 0 Å². The van der Waals surface area contributed by atoms with Crippen LogP contribution in [0.3, 0.4) is 0 Å². The molecule has 2 heterocycles. The molecule has 2 aromatic rings. The SMILES string of the molecule is C=C/C(=C\C=N/C)N1C(=O)C(C)(C)c2ccc(-c3cnc(C)nc3)cc21. The number of anilines is 1. The van der Waals surface area contributed by atoms with Crippen LogP contribution in [0.4, 0.5) is 5.69 Å². The number of fused-ring (bicyclic) bond motifs is 1. The highest BCUT2D eigenvalue weighted by Gasteiger charge is 2.44. The van der Waals surface area contributed by atoms with E-state index in [2.05, 4.69) is 21.5 Å². The third-order valence-corrected chi connectivity index (χ3v) is 4.63. The van der Waals surface area contributed by atoms with E-state index in [9.17, 15) is 4.79 Å². The molecule has 26 heavy (non-hydrogen) atoms. The lowest BCUT2D eigenvalue weighted by Gasteiger charge is -2.21. The van der Waals surface area contributed by atoms with Crippen molar-refractivity contribution in [3.63, 3.8) is 0 Å². The van der Waals surface area contributed by atoms with E-state index in [4.69, 9.17) is 0 Å². The maximum atomic E-state index is 13.1. The summed E-state index contributed by atoms with van der Waals surface area (Å²) in [5.41, 5.74) is 3.81. The number of aromatic nitrogens is 2. The number of nitrogens with zero attached hydrogens (tertiary/aromatic N) is 4. The molecule has 0 saturated heterocycles. The third-order valence-electron chi connectivity index (χ3n) is 4.63. The molecule has 1 aliphatic heterocycles. The molecule has 0 aliphatic carbocycles. The van der Waals surface area contributed by atoms with Gasteiger partial charge >= 0.3 is 0 Å². The smallest absolute Gasteiger partial charge is 0.241 e. The number of carbonyl (C=O) groups excluding carboxylic acids is 1. The van der Waals surface area contributed by atoms with E-state index >= 15 is 0 Å². The summed E-state index contributed by atoms with van der Waals surface area (Å²) in [7, 11) is 1.69. The molecule has 0 bridgehead atoms. The van der Waals surface area contributed by atoms with Crippen molar-refractivity contribution in [2.75, 3.05) is 11.9 Å². The maximum Gasteiger partial charge on any atom is 0.241 e. The van der Waals surface area contributed by atoms with Crippen LogP contribution in [0.5, 0.6) is 0 Å². The topological polar surface area (TPSA) is 58.5 Å². The Morgan fingerprint density at radius 3 is 2.54 bits per heavy atom. The van der Waals surface area contributed by atoms with Gasteiger partial charge in [0.05, 0.1) is 11.1 Å². The molecule has 0 saturated carbocycles. The van der Waals surface area contributed by atoms with Crippen LogP contribution in [0.15, 0.2) is 60.0 Å². The molecule has 1 aliphatic rings. The van der Waals surface area contributed by atoms with Crippen LogP contribution in [-0.4, -0.2) is 29.1 Å². The van der Waals surface area contributed by atoms with E-state index in [0.29, 0.717) is 5.70 Å². The fourth-order valence-electron chi connectivity index (χ4n) is 3.11. The fraction of sp³-hybridized carbons (Fsp3) is 0.238. The number of rotatable bonds is 4. The summed E-state index contributed by atoms with van der Waals surface area (Å²) in [6, 6.07) is 6.03. The van der Waals surface area contributed by atoms with Crippen LogP contribution < -0.4 is 4.90 Å². The number of hydrogen-bond acceptors (Lipinski definition) is 4. The molecule has 0 unspecified atom stereocenters. The van der Waals surface area contributed by atoms with Crippen LogP contribution in [-0.2, 0) is 10.2 Å². The second-order valence-corrected chi connectivity index (χ2v) is 6.72. The number of amides is 1. The Morgan fingerprint density at radius 1 is 1.23 bits per heavy atom. The van der Waals surface area contributed by atoms with Crippen molar-refractivity contribution in [2.45, 2.75) is 26.2 Å². The quantitative estimate of drug-likeness (QED) is 0.624. The Balaban J connectivity index is 2.17. The first-order valence-corrected chi connectivity index (χ1v) is 8.43. The van der Waals surface area contributed by atoms with Crippen molar-refractivity contribution in [3.8, 4) is 11.1 Å². The first-order chi connectivity index (χ1) is 12.4. The summed E-state index contributed by atoms with van der Waals surface area (Å²) in [4.78, 5) is 27.3.